The summed E-state index contributed by atoms with van der Waals surface area (Å²) in [6.07, 6.45) is 6.78. The molecular weight excluding hydrogens is 337 g/mol. The number of anilines is 1. The first-order valence-corrected chi connectivity index (χ1v) is 8.57. The number of nitrogens with zero attached hydrogens (tertiary/aromatic N) is 5. The van der Waals surface area contributed by atoms with Crippen molar-refractivity contribution in [2.24, 2.45) is 0 Å². The number of halogens is 1. The molecule has 3 aromatic rings. The van der Waals surface area contributed by atoms with Crippen LogP contribution in [0.5, 0.6) is 0 Å². The molecule has 0 radical (unpaired) electrons. The van der Waals surface area contributed by atoms with Crippen LogP contribution in [0.3, 0.4) is 0 Å². The van der Waals surface area contributed by atoms with Gasteiger partial charge in [0, 0.05) is 18.4 Å². The normalized spacial score (nSPS) is 17.2. The highest BCUT2D eigenvalue weighted by atomic mass is 19.1. The maximum atomic E-state index is 13.8. The van der Waals surface area contributed by atoms with Gasteiger partial charge >= 0.3 is 5.97 Å². The Morgan fingerprint density at radius 2 is 2.27 bits per heavy atom. The second kappa shape index (κ2) is 6.36. The Balaban J connectivity index is 1.77. The first kappa shape index (κ1) is 16.4. The Morgan fingerprint density at radius 1 is 1.42 bits per heavy atom. The Bertz CT molecular complexity index is 987. The molecule has 1 fully saturated rings. The number of carbonyl (C=O) groups is 1. The highest BCUT2D eigenvalue weighted by molar-refractivity contribution is 5.94. The molecule has 26 heavy (non-hydrogen) atoms. The lowest BCUT2D eigenvalue weighted by molar-refractivity contribution is 0.0698. The van der Waals surface area contributed by atoms with Crippen LogP contribution < -0.4 is 4.90 Å². The minimum absolute atomic E-state index is 0.0284. The van der Waals surface area contributed by atoms with Crippen LogP contribution in [0.4, 0.5) is 10.2 Å². The minimum Gasteiger partial charge on any atom is -0.477 e. The van der Waals surface area contributed by atoms with Crippen LogP contribution >= 0.6 is 0 Å². The number of aromatic nitrogens is 4. The summed E-state index contributed by atoms with van der Waals surface area (Å²) in [5.74, 6) is -0.754. The Hall–Kier alpha value is -3.03. The van der Waals surface area contributed by atoms with Crippen molar-refractivity contribution >= 4 is 17.4 Å². The van der Waals surface area contributed by atoms with Gasteiger partial charge in [0.15, 0.2) is 5.65 Å². The number of hydrogen-bond acceptors (Lipinski definition) is 5. The molecule has 7 nitrogen and oxygen atoms in total. The lowest BCUT2D eigenvalue weighted by Gasteiger charge is -2.27. The van der Waals surface area contributed by atoms with Crippen molar-refractivity contribution in [1.29, 1.82) is 0 Å². The van der Waals surface area contributed by atoms with Gasteiger partial charge in [-0.05, 0) is 37.0 Å². The summed E-state index contributed by atoms with van der Waals surface area (Å²) < 4.78 is 15.2. The van der Waals surface area contributed by atoms with Crippen LogP contribution in [-0.4, -0.2) is 37.2 Å². The number of aromatic carboxylic acids is 1. The van der Waals surface area contributed by atoms with Gasteiger partial charge < -0.3 is 10.0 Å². The second-order valence-electron chi connectivity index (χ2n) is 6.31. The summed E-state index contributed by atoms with van der Waals surface area (Å²) in [5.41, 5.74) is 2.11. The Kier molecular flexibility index (Phi) is 4.02. The maximum Gasteiger partial charge on any atom is 0.341 e. The smallest absolute Gasteiger partial charge is 0.341 e. The van der Waals surface area contributed by atoms with Crippen LogP contribution in [0.1, 0.15) is 47.4 Å². The molecule has 1 aliphatic rings. The molecule has 4 rings (SSSR count). The highest BCUT2D eigenvalue weighted by Gasteiger charge is 2.30. The molecule has 1 atom stereocenters. The fourth-order valence-electron chi connectivity index (χ4n) is 3.60. The third-order valence-corrected chi connectivity index (χ3v) is 4.80. The van der Waals surface area contributed by atoms with Gasteiger partial charge in [0.05, 0.1) is 18.4 Å². The van der Waals surface area contributed by atoms with E-state index in [1.54, 1.807) is 12.3 Å². The first-order valence-electron chi connectivity index (χ1n) is 8.57. The van der Waals surface area contributed by atoms with E-state index in [1.165, 1.54) is 16.9 Å². The quantitative estimate of drug-likeness (QED) is 0.775. The van der Waals surface area contributed by atoms with E-state index in [2.05, 4.69) is 20.0 Å². The number of aryl methyl sites for hydroxylation is 1. The molecule has 0 amide bonds. The summed E-state index contributed by atoms with van der Waals surface area (Å²) in [5, 5.41) is 13.3. The van der Waals surface area contributed by atoms with Crippen molar-refractivity contribution in [3.05, 3.63) is 53.4 Å². The third-order valence-electron chi connectivity index (χ3n) is 4.80. The van der Waals surface area contributed by atoms with E-state index in [-0.39, 0.29) is 17.4 Å². The molecule has 0 spiro atoms. The van der Waals surface area contributed by atoms with Gasteiger partial charge in [0.25, 0.3) is 0 Å². The third kappa shape index (κ3) is 2.67. The summed E-state index contributed by atoms with van der Waals surface area (Å²) in [6, 6.07) is 3.33. The van der Waals surface area contributed by atoms with Crippen molar-refractivity contribution in [3.8, 4) is 0 Å². The van der Waals surface area contributed by atoms with Gasteiger partial charge in [0.2, 0.25) is 0 Å². The molecule has 3 aromatic heterocycles. The SMILES string of the molecule is CCc1ncc(F)cc1C1CCCN1c1ccn2ncc(C(=O)O)c2n1. The summed E-state index contributed by atoms with van der Waals surface area (Å²) in [6.45, 7) is 2.77. The fourth-order valence-corrected chi connectivity index (χ4v) is 3.60. The predicted octanol–water partition coefficient (Wildman–Crippen LogP) is 2.87. The zero-order valence-electron chi connectivity index (χ0n) is 14.3. The Morgan fingerprint density at radius 3 is 3.04 bits per heavy atom. The summed E-state index contributed by atoms with van der Waals surface area (Å²) in [4.78, 5) is 22.2. The molecule has 1 saturated heterocycles. The standard InChI is InChI=1S/C18H18FN5O2/c1-2-14-12(8-11(19)9-20-14)15-4-3-6-23(15)16-5-7-24-17(22-16)13(10-21-24)18(25)26/h5,7-10,15H,2-4,6H2,1H3,(H,25,26). The average Bonchev–Trinajstić information content (AvgIpc) is 3.28. The van der Waals surface area contributed by atoms with E-state index in [0.29, 0.717) is 11.5 Å². The first-order chi connectivity index (χ1) is 12.6. The molecule has 1 unspecified atom stereocenters. The van der Waals surface area contributed by atoms with E-state index in [0.717, 1.165) is 37.1 Å². The Labute approximate surface area is 149 Å². The minimum atomic E-state index is -1.06. The summed E-state index contributed by atoms with van der Waals surface area (Å²) in [7, 11) is 0. The van der Waals surface area contributed by atoms with E-state index < -0.39 is 5.97 Å². The van der Waals surface area contributed by atoms with Crippen molar-refractivity contribution < 1.29 is 14.3 Å². The topological polar surface area (TPSA) is 83.6 Å². The predicted molar refractivity (Wildman–Crippen MR) is 92.8 cm³/mol. The maximum absolute atomic E-state index is 13.8. The van der Waals surface area contributed by atoms with E-state index in [9.17, 15) is 14.3 Å². The van der Waals surface area contributed by atoms with E-state index >= 15 is 0 Å². The van der Waals surface area contributed by atoms with Crippen LogP contribution in [0.15, 0.2) is 30.7 Å². The van der Waals surface area contributed by atoms with Crippen LogP contribution in [0.25, 0.3) is 5.65 Å². The van der Waals surface area contributed by atoms with Crippen molar-refractivity contribution in [2.75, 3.05) is 11.4 Å². The molecule has 0 aromatic carbocycles. The molecule has 4 heterocycles. The monoisotopic (exact) mass is 355 g/mol. The van der Waals surface area contributed by atoms with Crippen LogP contribution in [0, 0.1) is 5.82 Å². The highest BCUT2D eigenvalue weighted by Crippen LogP contribution is 2.37. The van der Waals surface area contributed by atoms with E-state index in [4.69, 9.17) is 0 Å². The summed E-state index contributed by atoms with van der Waals surface area (Å²) >= 11 is 0. The zero-order valence-corrected chi connectivity index (χ0v) is 14.3. The lowest BCUT2D eigenvalue weighted by Crippen LogP contribution is -2.25. The van der Waals surface area contributed by atoms with Crippen LogP contribution in [-0.2, 0) is 6.42 Å². The molecule has 1 aliphatic heterocycles. The molecule has 0 saturated carbocycles. The fraction of sp³-hybridized carbons (Fsp3) is 0.333. The van der Waals surface area contributed by atoms with Gasteiger partial charge in [-0.2, -0.15) is 5.10 Å². The molecule has 0 aliphatic carbocycles. The largest absolute Gasteiger partial charge is 0.477 e. The van der Waals surface area contributed by atoms with Gasteiger partial charge in [0.1, 0.15) is 17.2 Å². The molecule has 134 valence electrons. The molecule has 8 heteroatoms. The number of carboxylic acids is 1. The molecule has 1 N–H and O–H groups in total. The number of fused-ring (bicyclic) bond motifs is 1. The van der Waals surface area contributed by atoms with Crippen LogP contribution in [0.2, 0.25) is 0 Å². The molecular formula is C18H18FN5O2. The molecule has 0 bridgehead atoms. The van der Waals surface area contributed by atoms with Crippen molar-refractivity contribution in [3.63, 3.8) is 0 Å². The zero-order chi connectivity index (χ0) is 18.3. The van der Waals surface area contributed by atoms with Gasteiger partial charge in [-0.15, -0.1) is 0 Å². The van der Waals surface area contributed by atoms with Gasteiger partial charge in [-0.3, -0.25) is 4.98 Å². The lowest BCUT2D eigenvalue weighted by atomic mass is 10.0. The van der Waals surface area contributed by atoms with Crippen molar-refractivity contribution in [1.82, 2.24) is 19.6 Å². The number of rotatable bonds is 4. The van der Waals surface area contributed by atoms with Gasteiger partial charge in [-0.1, -0.05) is 6.92 Å². The number of carboxylic acid groups (broad SMARTS) is 1. The van der Waals surface area contributed by atoms with Crippen molar-refractivity contribution in [2.45, 2.75) is 32.2 Å². The van der Waals surface area contributed by atoms with Gasteiger partial charge in [-0.25, -0.2) is 18.7 Å². The number of hydrogen-bond donors (Lipinski definition) is 1. The second-order valence-corrected chi connectivity index (χ2v) is 6.31. The van der Waals surface area contributed by atoms with E-state index in [1.807, 2.05) is 13.0 Å². The number of pyridine rings is 1. The average molecular weight is 355 g/mol.